The molecule has 0 aliphatic heterocycles. The molecule has 11 heteroatoms. The molecule has 0 radical (unpaired) electrons. The highest BCUT2D eigenvalue weighted by molar-refractivity contribution is 9.10. The molecule has 22 heavy (non-hydrogen) atoms. The summed E-state index contributed by atoms with van der Waals surface area (Å²) in [5.41, 5.74) is 0.188. The van der Waals surface area contributed by atoms with E-state index in [9.17, 15) is 14.9 Å². The van der Waals surface area contributed by atoms with Crippen LogP contribution >= 0.6 is 38.9 Å². The Bertz CT molecular complexity index is 963. The molecule has 3 aromatic heterocycles. The molecule has 0 saturated heterocycles. The number of fused-ring (bicyclic) bond motifs is 1. The van der Waals surface area contributed by atoms with E-state index < -0.39 is 4.92 Å². The van der Waals surface area contributed by atoms with Crippen molar-refractivity contribution in [3.8, 4) is 0 Å². The van der Waals surface area contributed by atoms with Crippen molar-refractivity contribution in [1.82, 2.24) is 19.2 Å². The molecule has 0 unspecified atom stereocenters. The highest BCUT2D eigenvalue weighted by Gasteiger charge is 2.18. The van der Waals surface area contributed by atoms with Crippen molar-refractivity contribution in [1.29, 1.82) is 0 Å². The smallest absolute Gasteiger partial charge is 0.358 e. The first-order valence-electron chi connectivity index (χ1n) is 5.92. The Balaban J connectivity index is 2.05. The molecule has 0 bridgehead atoms. The summed E-state index contributed by atoms with van der Waals surface area (Å²) in [7, 11) is 0. The quantitative estimate of drug-likeness (QED) is 0.494. The summed E-state index contributed by atoms with van der Waals surface area (Å²) >= 11 is 10.6. The van der Waals surface area contributed by atoms with Crippen LogP contribution in [0.1, 0.15) is 10.6 Å². The van der Waals surface area contributed by atoms with Crippen LogP contribution in [0.3, 0.4) is 0 Å². The van der Waals surface area contributed by atoms with E-state index in [0.717, 1.165) is 10.9 Å². The molecule has 0 atom stereocenters. The van der Waals surface area contributed by atoms with Gasteiger partial charge in [-0.15, -0.1) is 11.3 Å². The molecule has 0 fully saturated rings. The van der Waals surface area contributed by atoms with Crippen LogP contribution < -0.4 is 5.56 Å². The highest BCUT2D eigenvalue weighted by Crippen LogP contribution is 2.24. The zero-order chi connectivity index (χ0) is 16.0. The van der Waals surface area contributed by atoms with Gasteiger partial charge >= 0.3 is 5.82 Å². The van der Waals surface area contributed by atoms with Crippen molar-refractivity contribution < 1.29 is 4.92 Å². The Kier molecular flexibility index (Phi) is 3.75. The number of hydrogen-bond acceptors (Lipinski definition) is 6. The van der Waals surface area contributed by atoms with Crippen molar-refractivity contribution in [2.24, 2.45) is 0 Å². The molecule has 0 amide bonds. The molecule has 114 valence electrons. The number of nitrogens with zero attached hydrogens (tertiary/aromatic N) is 5. The van der Waals surface area contributed by atoms with Crippen LogP contribution in [0.25, 0.3) is 4.96 Å². The van der Waals surface area contributed by atoms with E-state index in [1.165, 1.54) is 26.5 Å². The maximum atomic E-state index is 12.2. The summed E-state index contributed by atoms with van der Waals surface area (Å²) < 4.78 is 3.36. The Labute approximate surface area is 140 Å². The van der Waals surface area contributed by atoms with Gasteiger partial charge < -0.3 is 10.1 Å². The van der Waals surface area contributed by atoms with Crippen LogP contribution in [-0.4, -0.2) is 24.1 Å². The first kappa shape index (κ1) is 15.1. The molecular formula is C11H7BrClN5O3S. The van der Waals surface area contributed by atoms with E-state index in [2.05, 4.69) is 26.0 Å². The number of hydrogen-bond donors (Lipinski definition) is 0. The Morgan fingerprint density at radius 3 is 2.86 bits per heavy atom. The lowest BCUT2D eigenvalue weighted by atomic mass is 10.4. The lowest BCUT2D eigenvalue weighted by Crippen LogP contribution is -2.16. The average molecular weight is 405 g/mol. The molecule has 3 heterocycles. The van der Waals surface area contributed by atoms with Crippen molar-refractivity contribution in [3.05, 3.63) is 52.9 Å². The lowest BCUT2D eigenvalue weighted by Gasteiger charge is -2.00. The first-order chi connectivity index (χ1) is 10.4. The standard InChI is InChI=1S/C11H7BrClN5O3S/c1-5-10(12)17-9(19)2-6(14-11(17)22-5)4-16-7(13)3-8(15-16)18(20)21/h2-3H,4H2,1H3. The Hall–Kier alpha value is -1.78. The van der Waals surface area contributed by atoms with Crippen LogP contribution in [-0.2, 0) is 6.54 Å². The minimum Gasteiger partial charge on any atom is -0.358 e. The van der Waals surface area contributed by atoms with Gasteiger partial charge in [-0.2, -0.15) is 4.68 Å². The summed E-state index contributed by atoms with van der Waals surface area (Å²) in [6.45, 7) is 1.95. The molecule has 0 N–H and O–H groups in total. The third-order valence-electron chi connectivity index (χ3n) is 2.89. The van der Waals surface area contributed by atoms with Crippen LogP contribution in [0.2, 0.25) is 5.15 Å². The second-order valence-corrected chi connectivity index (χ2v) is 6.71. The molecule has 0 aliphatic rings. The van der Waals surface area contributed by atoms with Gasteiger partial charge in [-0.25, -0.2) is 9.38 Å². The van der Waals surface area contributed by atoms with E-state index in [1.807, 2.05) is 6.92 Å². The summed E-state index contributed by atoms with van der Waals surface area (Å²) in [5, 5.41) is 14.6. The molecule has 0 saturated carbocycles. The number of thiazole rings is 1. The van der Waals surface area contributed by atoms with Crippen LogP contribution in [0.4, 0.5) is 5.82 Å². The predicted octanol–water partition coefficient (Wildman–Crippen LogP) is 2.63. The number of rotatable bonds is 3. The van der Waals surface area contributed by atoms with Crippen molar-refractivity contribution in [2.45, 2.75) is 13.5 Å². The molecule has 0 aliphatic carbocycles. The number of halogens is 2. The van der Waals surface area contributed by atoms with Gasteiger partial charge in [-0.3, -0.25) is 4.79 Å². The van der Waals surface area contributed by atoms with Gasteiger partial charge in [0.1, 0.15) is 11.1 Å². The van der Waals surface area contributed by atoms with Gasteiger partial charge in [0.2, 0.25) is 0 Å². The molecule has 8 nitrogen and oxygen atoms in total. The third kappa shape index (κ3) is 2.53. The second kappa shape index (κ2) is 5.45. The van der Waals surface area contributed by atoms with E-state index in [4.69, 9.17) is 11.6 Å². The van der Waals surface area contributed by atoms with Crippen molar-refractivity contribution in [3.63, 3.8) is 0 Å². The van der Waals surface area contributed by atoms with Crippen LogP contribution in [0, 0.1) is 17.0 Å². The minimum atomic E-state index is -0.631. The normalized spacial score (nSPS) is 11.2. The van der Waals surface area contributed by atoms with E-state index in [-0.39, 0.29) is 23.1 Å². The first-order valence-corrected chi connectivity index (χ1v) is 7.91. The largest absolute Gasteiger partial charge is 0.391 e. The Morgan fingerprint density at radius 2 is 2.23 bits per heavy atom. The summed E-state index contributed by atoms with van der Waals surface area (Å²) in [4.78, 5) is 28.0. The third-order valence-corrected chi connectivity index (χ3v) is 5.36. The molecule has 3 aromatic rings. The average Bonchev–Trinajstić information content (AvgIpc) is 2.92. The van der Waals surface area contributed by atoms with Gasteiger partial charge in [0, 0.05) is 10.9 Å². The number of nitro groups is 1. The fraction of sp³-hybridized carbons (Fsp3) is 0.182. The number of aromatic nitrogens is 4. The van der Waals surface area contributed by atoms with Gasteiger partial charge in [-0.1, -0.05) is 11.6 Å². The minimum absolute atomic E-state index is 0.0764. The molecule has 0 aromatic carbocycles. The SMILES string of the molecule is Cc1sc2nc(Cn3nc([N+](=O)[O-])cc3Cl)cc(=O)n2c1Br. The maximum absolute atomic E-state index is 12.2. The fourth-order valence-corrected chi connectivity index (χ4v) is 3.69. The second-order valence-electron chi connectivity index (χ2n) is 4.39. The predicted molar refractivity (Wildman–Crippen MR) is 84.8 cm³/mol. The monoisotopic (exact) mass is 403 g/mol. The Morgan fingerprint density at radius 1 is 1.50 bits per heavy atom. The van der Waals surface area contributed by atoms with Gasteiger partial charge in [0.25, 0.3) is 5.56 Å². The fourth-order valence-electron chi connectivity index (χ4n) is 1.91. The van der Waals surface area contributed by atoms with E-state index >= 15 is 0 Å². The van der Waals surface area contributed by atoms with Gasteiger partial charge in [0.15, 0.2) is 10.1 Å². The van der Waals surface area contributed by atoms with Crippen molar-refractivity contribution in [2.75, 3.05) is 0 Å². The van der Waals surface area contributed by atoms with E-state index in [0.29, 0.717) is 15.3 Å². The summed E-state index contributed by atoms with van der Waals surface area (Å²) in [6, 6.07) is 2.51. The summed E-state index contributed by atoms with van der Waals surface area (Å²) in [5.74, 6) is -0.350. The van der Waals surface area contributed by atoms with E-state index in [1.54, 1.807) is 0 Å². The number of aryl methyl sites for hydroxylation is 1. The zero-order valence-electron chi connectivity index (χ0n) is 11.0. The van der Waals surface area contributed by atoms with Gasteiger partial charge in [0.05, 0.1) is 16.9 Å². The topological polar surface area (TPSA) is 95.3 Å². The van der Waals surface area contributed by atoms with Crippen LogP contribution in [0.15, 0.2) is 21.5 Å². The lowest BCUT2D eigenvalue weighted by molar-refractivity contribution is -0.389. The molecule has 0 spiro atoms. The van der Waals surface area contributed by atoms with Gasteiger partial charge in [-0.05, 0) is 27.8 Å². The molecular weight excluding hydrogens is 398 g/mol. The zero-order valence-corrected chi connectivity index (χ0v) is 14.1. The maximum Gasteiger partial charge on any atom is 0.391 e. The molecule has 3 rings (SSSR count). The van der Waals surface area contributed by atoms with Crippen molar-refractivity contribution >= 4 is 49.6 Å². The highest BCUT2D eigenvalue weighted by atomic mass is 79.9. The summed E-state index contributed by atoms with van der Waals surface area (Å²) in [6.07, 6.45) is 0. The van der Waals surface area contributed by atoms with Crippen LogP contribution in [0.5, 0.6) is 0 Å².